The number of thioether (sulfide) groups is 1. The van der Waals surface area contributed by atoms with Crippen LogP contribution in [0.4, 0.5) is 0 Å². The average molecular weight is 1020 g/mol. The van der Waals surface area contributed by atoms with Gasteiger partial charge in [-0.25, -0.2) is 4.79 Å². The zero-order chi connectivity index (χ0) is 51.3. The van der Waals surface area contributed by atoms with Crippen molar-refractivity contribution in [2.45, 2.75) is 149 Å². The third-order valence-electron chi connectivity index (χ3n) is 12.2. The number of carboxylic acids is 1. The van der Waals surface area contributed by atoms with Gasteiger partial charge in [-0.15, -0.1) is 0 Å². The summed E-state index contributed by atoms with van der Waals surface area (Å²) in [5.41, 5.74) is 0. The number of imide groups is 1. The van der Waals surface area contributed by atoms with Gasteiger partial charge in [0.25, 0.3) is 5.79 Å². The summed E-state index contributed by atoms with van der Waals surface area (Å²) in [6.07, 6.45) is -23.5. The molecule has 394 valence electrons. The Kier molecular flexibility index (Phi) is 22.5. The van der Waals surface area contributed by atoms with E-state index in [-0.39, 0.29) is 63.3 Å². The van der Waals surface area contributed by atoms with Crippen molar-refractivity contribution in [3.63, 3.8) is 0 Å². The predicted molar refractivity (Wildman–Crippen MR) is 230 cm³/mol. The number of carbonyl (C=O) groups is 7. The molecular weight excluding hydrogens is 949 g/mol. The van der Waals surface area contributed by atoms with Crippen molar-refractivity contribution in [2.24, 2.45) is 5.92 Å². The largest absolute Gasteiger partial charge is 0.477 e. The summed E-state index contributed by atoms with van der Waals surface area (Å²) < 4.78 is 34.0. The van der Waals surface area contributed by atoms with Crippen LogP contribution in [0.25, 0.3) is 0 Å². The van der Waals surface area contributed by atoms with E-state index in [1.54, 1.807) is 6.26 Å². The Balaban J connectivity index is 1.34. The van der Waals surface area contributed by atoms with Crippen molar-refractivity contribution in [3.8, 4) is 0 Å². The first-order valence-electron chi connectivity index (χ1n) is 22.4. The molecule has 0 radical (unpaired) electrons. The zero-order valence-corrected chi connectivity index (χ0v) is 39.1. The molecule has 0 aromatic rings. The van der Waals surface area contributed by atoms with E-state index in [2.05, 4.69) is 16.0 Å². The first kappa shape index (κ1) is 58.0. The molecule has 13 N–H and O–H groups in total. The molecule has 0 aromatic heterocycles. The van der Waals surface area contributed by atoms with Gasteiger partial charge in [-0.05, 0) is 19.6 Å². The SMILES string of the molecule is CSC1CC(=O)N(CCC(=O)NCCCOCCC(=O)NCC(=O)CC2C(O)CC(O[C@@H]3[C@H](O)C(O[C@@H]4[C@H](NC(C)=O)C(C)OC(CO)[C@@H]4O)OC(CO)[C@@H]3O)(C(=O)O)OC2C(O)[C@H](O)CO)C1=O. The summed E-state index contributed by atoms with van der Waals surface area (Å²) in [5, 5.41) is 114. The lowest BCUT2D eigenvalue weighted by Crippen LogP contribution is -2.69. The normalized spacial score (nSPS) is 34.8. The number of nitrogens with one attached hydrogen (secondary N) is 3. The Morgan fingerprint density at radius 1 is 0.913 bits per heavy atom. The maximum Gasteiger partial charge on any atom is 0.364 e. The lowest BCUT2D eigenvalue weighted by Gasteiger charge is -2.51. The van der Waals surface area contributed by atoms with Gasteiger partial charge in [0.15, 0.2) is 12.1 Å². The first-order chi connectivity index (χ1) is 32.6. The minimum absolute atomic E-state index is 0.0244. The van der Waals surface area contributed by atoms with Gasteiger partial charge in [-0.3, -0.25) is 33.7 Å². The van der Waals surface area contributed by atoms with Gasteiger partial charge in [0.1, 0.15) is 54.9 Å². The standard InChI is InChI=1S/C41H66N4O23S/c1-18-30(44-19(2)49)36(32(57)24(16-47)64-18)66-39-34(59)37(33(58)25(17-48)65-39)68-41(40(61)62)13-22(51)21(35(67-41)31(56)23(52)15-46)11-20(50)14-43-28(54)6-10-63-9-4-7-42-27(53)5-8-45-29(55)12-26(69-3)38(45)60/h18,21-26,30-37,39,46-48,51-52,56-59H,4-17H2,1-3H3,(H,42,53)(H,43,54)(H,44,49)(H,61,62)/t18?,21?,22?,23-,24?,25?,26?,30-,31?,32+,33+,34+,35?,36-,37+,39?,41?/m1/s1. The summed E-state index contributed by atoms with van der Waals surface area (Å²) in [7, 11) is 0. The van der Waals surface area contributed by atoms with Crippen LogP contribution in [-0.2, 0) is 62.0 Å². The van der Waals surface area contributed by atoms with E-state index >= 15 is 0 Å². The number of ketones is 1. The van der Waals surface area contributed by atoms with Crippen molar-refractivity contribution in [3.05, 3.63) is 0 Å². The van der Waals surface area contributed by atoms with Gasteiger partial charge in [-0.2, -0.15) is 11.8 Å². The second-order valence-corrected chi connectivity index (χ2v) is 18.2. The van der Waals surface area contributed by atoms with Crippen LogP contribution in [0.15, 0.2) is 0 Å². The number of likely N-dealkylation sites (tertiary alicyclic amines) is 1. The summed E-state index contributed by atoms with van der Waals surface area (Å²) in [6, 6.07) is -1.14. The fraction of sp³-hybridized carbons (Fsp3) is 0.829. The van der Waals surface area contributed by atoms with Gasteiger partial charge in [-0.1, -0.05) is 0 Å². The van der Waals surface area contributed by atoms with Gasteiger partial charge in [0.2, 0.25) is 29.5 Å². The van der Waals surface area contributed by atoms with Crippen molar-refractivity contribution < 1.29 is 113 Å². The average Bonchev–Trinajstić information content (AvgIpc) is 3.59. The number of Topliss-reactive ketones (excluding diaryl/α,β-unsaturated/α-hetero) is 1. The zero-order valence-electron chi connectivity index (χ0n) is 38.3. The molecule has 4 heterocycles. The number of carboxylic acid groups (broad SMARTS) is 1. The number of nitrogens with zero attached hydrogens (tertiary/aromatic N) is 1. The molecule has 17 atom stereocenters. The third kappa shape index (κ3) is 15.0. The maximum absolute atomic E-state index is 13.2. The van der Waals surface area contributed by atoms with Crippen LogP contribution in [0.2, 0.25) is 0 Å². The fourth-order valence-electron chi connectivity index (χ4n) is 8.39. The smallest absolute Gasteiger partial charge is 0.364 e. The molecule has 4 aliphatic heterocycles. The fourth-order valence-corrected chi connectivity index (χ4v) is 9.03. The lowest BCUT2D eigenvalue weighted by molar-refractivity contribution is -0.381. The molecule has 28 heteroatoms. The van der Waals surface area contributed by atoms with Crippen LogP contribution in [0.3, 0.4) is 0 Å². The lowest BCUT2D eigenvalue weighted by atomic mass is 9.80. The highest BCUT2D eigenvalue weighted by Crippen LogP contribution is 2.41. The molecule has 0 aromatic carbocycles. The molecule has 10 unspecified atom stereocenters. The maximum atomic E-state index is 13.2. The molecule has 4 rings (SSSR count). The van der Waals surface area contributed by atoms with Gasteiger partial charge in [0, 0.05) is 64.6 Å². The van der Waals surface area contributed by atoms with Gasteiger partial charge >= 0.3 is 5.97 Å². The van der Waals surface area contributed by atoms with Crippen LogP contribution in [0.5, 0.6) is 0 Å². The highest BCUT2D eigenvalue weighted by molar-refractivity contribution is 8.00. The summed E-state index contributed by atoms with van der Waals surface area (Å²) >= 11 is 1.27. The van der Waals surface area contributed by atoms with E-state index in [0.717, 1.165) is 11.8 Å². The third-order valence-corrected chi connectivity index (χ3v) is 13.1. The number of carbonyl (C=O) groups excluding carboxylic acids is 6. The molecular formula is C41H66N4O23S. The van der Waals surface area contributed by atoms with E-state index in [9.17, 15) is 84.6 Å². The topological polar surface area (TPSA) is 417 Å². The van der Waals surface area contributed by atoms with Crippen LogP contribution in [0.1, 0.15) is 52.4 Å². The van der Waals surface area contributed by atoms with Crippen molar-refractivity contribution in [1.82, 2.24) is 20.9 Å². The summed E-state index contributed by atoms with van der Waals surface area (Å²) in [6.45, 7) is -0.548. The number of amides is 5. The van der Waals surface area contributed by atoms with Crippen LogP contribution >= 0.6 is 11.8 Å². The summed E-state index contributed by atoms with van der Waals surface area (Å²) in [5.74, 6) is -9.65. The number of hydrogen-bond acceptors (Lipinski definition) is 23. The Bertz CT molecular complexity index is 1770. The first-order valence-corrected chi connectivity index (χ1v) is 23.6. The van der Waals surface area contributed by atoms with E-state index < -0.39 is 165 Å². The molecule has 0 bridgehead atoms. The highest BCUT2D eigenvalue weighted by Gasteiger charge is 2.60. The number of hydrogen-bond donors (Lipinski definition) is 13. The highest BCUT2D eigenvalue weighted by atomic mass is 32.2. The van der Waals surface area contributed by atoms with E-state index in [1.165, 1.54) is 18.7 Å². The van der Waals surface area contributed by atoms with Crippen LogP contribution in [0, 0.1) is 5.92 Å². The molecule has 0 spiro atoms. The monoisotopic (exact) mass is 1010 g/mol. The molecule has 27 nitrogen and oxygen atoms in total. The van der Waals surface area contributed by atoms with Gasteiger partial charge < -0.3 is 95.4 Å². The molecule has 0 saturated carbocycles. The quantitative estimate of drug-likeness (QED) is 0.0283. The minimum atomic E-state index is -3.12. The molecule has 5 amide bonds. The van der Waals surface area contributed by atoms with Crippen molar-refractivity contribution in [2.75, 3.05) is 58.9 Å². The Morgan fingerprint density at radius 2 is 1.57 bits per heavy atom. The number of aliphatic hydroxyl groups excluding tert-OH is 9. The molecule has 4 fully saturated rings. The number of ether oxygens (including phenoxy) is 6. The van der Waals surface area contributed by atoms with Gasteiger partial charge in [0.05, 0.1) is 62.6 Å². The van der Waals surface area contributed by atoms with E-state index in [1.807, 2.05) is 0 Å². The van der Waals surface area contributed by atoms with E-state index in [4.69, 9.17) is 28.4 Å². The van der Waals surface area contributed by atoms with Crippen molar-refractivity contribution in [1.29, 1.82) is 0 Å². The van der Waals surface area contributed by atoms with Crippen molar-refractivity contribution >= 4 is 53.1 Å². The molecule has 0 aliphatic carbocycles. The molecule has 69 heavy (non-hydrogen) atoms. The molecule has 4 aliphatic rings. The second-order valence-electron chi connectivity index (χ2n) is 17.1. The Labute approximate surface area is 400 Å². The van der Waals surface area contributed by atoms with E-state index in [0.29, 0.717) is 6.42 Å². The summed E-state index contributed by atoms with van der Waals surface area (Å²) in [4.78, 5) is 88.3. The Morgan fingerprint density at radius 3 is 2.17 bits per heavy atom. The Hall–Kier alpha value is -3.56. The number of aliphatic hydroxyl groups is 9. The number of rotatable bonds is 26. The second kappa shape index (κ2) is 26.8. The predicted octanol–water partition coefficient (Wildman–Crippen LogP) is -7.03. The van der Waals surface area contributed by atoms with Crippen LogP contribution < -0.4 is 16.0 Å². The molecule has 4 saturated heterocycles. The number of aliphatic carboxylic acids is 1. The minimum Gasteiger partial charge on any atom is -0.477 e. The van der Waals surface area contributed by atoms with Crippen LogP contribution in [-0.4, -0.2) is 253 Å².